The lowest BCUT2D eigenvalue weighted by atomic mass is 10.0. The molecule has 1 aliphatic heterocycles. The van der Waals surface area contributed by atoms with Gasteiger partial charge in [-0.25, -0.2) is 4.89 Å². The summed E-state index contributed by atoms with van der Waals surface area (Å²) in [5.74, 6) is 0. The summed E-state index contributed by atoms with van der Waals surface area (Å²) < 4.78 is 5.29. The van der Waals surface area contributed by atoms with Gasteiger partial charge in [0.2, 0.25) is 0 Å². The molecule has 0 unspecified atom stereocenters. The fourth-order valence-corrected chi connectivity index (χ4v) is 6.45. The molecule has 0 aromatic heterocycles. The Morgan fingerprint density at radius 2 is 0.450 bits per heavy atom. The highest BCUT2D eigenvalue weighted by molar-refractivity contribution is 4.81. The van der Waals surface area contributed by atoms with E-state index < -0.39 is 0 Å². The Labute approximate surface area is 356 Å². The molecular weight excluding hydrogens is 800 g/mol. The first-order valence-corrected chi connectivity index (χ1v) is 22.5. The number of allylic oxidation sites excluding steroid dienone is 2. The van der Waals surface area contributed by atoms with E-state index in [-0.39, 0.29) is 0 Å². The van der Waals surface area contributed by atoms with Crippen molar-refractivity contribution in [3.63, 3.8) is 0 Å². The quantitative estimate of drug-likeness (QED) is 0.165. The van der Waals surface area contributed by atoms with Gasteiger partial charge in [-0.2, -0.15) is 0 Å². The third-order valence-corrected chi connectivity index (χ3v) is 9.64. The minimum absolute atomic E-state index is 0.293. The van der Waals surface area contributed by atoms with Crippen LogP contribution in [0.15, 0.2) is 24.7 Å². The van der Waals surface area contributed by atoms with E-state index in [0.717, 1.165) is 38.4 Å². The molecule has 0 saturated carbocycles. The van der Waals surface area contributed by atoms with Crippen molar-refractivity contribution in [1.82, 2.24) is 0 Å². The Morgan fingerprint density at radius 1 is 0.200 bits per heavy atom. The number of hydrogen-bond acceptors (Lipinski definition) is 20. The fraction of sp³-hybridized carbons (Fsp3) is 0.900. The van der Waals surface area contributed by atoms with Crippen molar-refractivity contribution < 1.29 is 100 Å². The second-order valence-electron chi connectivity index (χ2n) is 14.6. The molecule has 0 amide bonds. The zero-order chi connectivity index (χ0) is 42.4. The standard InChI is InChI=1S/C40H76O20/c1-2-4-6-8-10-12-14-16-18-20-22-24-26-28-30-32-34-36-38-42-44-46-48-50-52-54-56-58-60-59-57-55-53-51-49-47-45-43-40-39-41-37-35-33-31-29-27-25-23-21-19-17-15-13-11-9-7-5-3-1/h18,20,39-40H,1-17,19,21-38H2. The summed E-state index contributed by atoms with van der Waals surface area (Å²) in [6.07, 6.45) is 51.1. The van der Waals surface area contributed by atoms with Crippen molar-refractivity contribution in [2.75, 3.05) is 13.2 Å². The van der Waals surface area contributed by atoms with Gasteiger partial charge in [0, 0.05) is 45.3 Å². The van der Waals surface area contributed by atoms with Crippen molar-refractivity contribution in [2.24, 2.45) is 0 Å². The molecule has 0 radical (unpaired) electrons. The maximum absolute atomic E-state index is 5.29. The number of ether oxygens (including phenoxy) is 1. The van der Waals surface area contributed by atoms with Gasteiger partial charge in [0.1, 0.15) is 6.26 Å². The summed E-state index contributed by atoms with van der Waals surface area (Å²) in [5, 5.41) is 65.5. The van der Waals surface area contributed by atoms with Crippen molar-refractivity contribution in [1.29, 1.82) is 0 Å². The summed E-state index contributed by atoms with van der Waals surface area (Å²) in [5.41, 5.74) is 0. The van der Waals surface area contributed by atoms with E-state index in [9.17, 15) is 0 Å². The molecule has 0 aliphatic carbocycles. The summed E-state index contributed by atoms with van der Waals surface area (Å²) >= 11 is 0. The molecule has 20 nitrogen and oxygen atoms in total. The molecule has 0 aromatic rings. The van der Waals surface area contributed by atoms with Crippen molar-refractivity contribution in [3.8, 4) is 0 Å². The third-order valence-electron chi connectivity index (χ3n) is 9.64. The van der Waals surface area contributed by atoms with E-state index in [4.69, 9.17) is 9.62 Å². The molecule has 0 N–H and O–H groups in total. The second-order valence-corrected chi connectivity index (χ2v) is 14.6. The molecule has 0 aromatic carbocycles. The zero-order valence-corrected chi connectivity index (χ0v) is 35.9. The van der Waals surface area contributed by atoms with Gasteiger partial charge in [0.15, 0.2) is 6.26 Å². The molecule has 60 heavy (non-hydrogen) atoms. The van der Waals surface area contributed by atoms with Crippen LogP contribution in [-0.2, 0) is 100 Å². The van der Waals surface area contributed by atoms with Gasteiger partial charge >= 0.3 is 0 Å². The molecule has 0 saturated heterocycles. The first kappa shape index (κ1) is 56.4. The Bertz CT molecular complexity index is 715. The monoisotopic (exact) mass is 876 g/mol. The van der Waals surface area contributed by atoms with E-state index in [1.807, 2.05) is 0 Å². The molecule has 1 aliphatic rings. The fourth-order valence-electron chi connectivity index (χ4n) is 6.45. The van der Waals surface area contributed by atoms with Crippen LogP contribution in [0, 0.1) is 0 Å². The smallest absolute Gasteiger partial charge is 0.167 e. The van der Waals surface area contributed by atoms with Gasteiger partial charge in [0.05, 0.1) is 13.2 Å². The molecule has 1 heterocycles. The molecule has 0 fully saturated rings. The lowest BCUT2D eigenvalue weighted by molar-refractivity contribution is -0.891. The first-order chi connectivity index (χ1) is 30.0. The van der Waals surface area contributed by atoms with Gasteiger partial charge in [-0.3, -0.25) is 0 Å². The minimum Gasteiger partial charge on any atom is -0.498 e. The lowest BCUT2D eigenvalue weighted by Gasteiger charge is -2.04. The van der Waals surface area contributed by atoms with Crippen LogP contribution >= 0.6 is 0 Å². The van der Waals surface area contributed by atoms with Crippen LogP contribution < -0.4 is 0 Å². The molecule has 20 heteroatoms. The SMILES string of the molecule is C1=CCCCCCCCCCOOOOOOOOOOOOOOOOOOOC=COCCCCCCCCCCCCCCCCCCCCCCCCCCC1. The Hall–Kier alpha value is -1.64. The van der Waals surface area contributed by atoms with E-state index >= 15 is 0 Å². The van der Waals surface area contributed by atoms with Gasteiger partial charge in [-0.05, 0) is 78.8 Å². The lowest BCUT2D eigenvalue weighted by Crippen LogP contribution is -2.05. The molecule has 0 atom stereocenters. The summed E-state index contributed by atoms with van der Waals surface area (Å²) in [6.45, 7) is 0.847. The maximum Gasteiger partial charge on any atom is 0.167 e. The predicted molar refractivity (Wildman–Crippen MR) is 207 cm³/mol. The average molecular weight is 877 g/mol. The Kier molecular flexibility index (Phi) is 50.3. The van der Waals surface area contributed by atoms with Crippen LogP contribution in [0.5, 0.6) is 0 Å². The van der Waals surface area contributed by atoms with Crippen LogP contribution in [0.1, 0.15) is 218 Å². The van der Waals surface area contributed by atoms with Gasteiger partial charge in [-0.1, -0.05) is 192 Å². The van der Waals surface area contributed by atoms with E-state index in [1.54, 1.807) is 0 Å². The molecular formula is C40H76O20. The van der Waals surface area contributed by atoms with Crippen LogP contribution in [-0.4, -0.2) is 13.2 Å². The largest absolute Gasteiger partial charge is 0.498 e. The zero-order valence-electron chi connectivity index (χ0n) is 35.9. The highest BCUT2D eigenvalue weighted by Gasteiger charge is 2.02. The number of rotatable bonds is 0. The van der Waals surface area contributed by atoms with E-state index in [0.29, 0.717) is 13.2 Å². The summed E-state index contributed by atoms with van der Waals surface area (Å²) in [7, 11) is 0. The van der Waals surface area contributed by atoms with Crippen molar-refractivity contribution >= 4 is 0 Å². The predicted octanol–water partition coefficient (Wildman–Crippen LogP) is 13.1. The van der Waals surface area contributed by atoms with Gasteiger partial charge < -0.3 is 9.62 Å². The minimum atomic E-state index is 0.293. The normalized spacial score (nSPS) is 23.2. The van der Waals surface area contributed by atoms with Crippen LogP contribution in [0.3, 0.4) is 0 Å². The topological polar surface area (TPSA) is 185 Å². The maximum atomic E-state index is 5.29. The van der Waals surface area contributed by atoms with Crippen LogP contribution in [0.25, 0.3) is 0 Å². The van der Waals surface area contributed by atoms with Gasteiger partial charge in [0.25, 0.3) is 0 Å². The third kappa shape index (κ3) is 50.7. The van der Waals surface area contributed by atoms with Crippen LogP contribution in [0.4, 0.5) is 0 Å². The van der Waals surface area contributed by atoms with E-state index in [1.165, 1.54) is 192 Å². The van der Waals surface area contributed by atoms with E-state index in [2.05, 4.69) is 103 Å². The van der Waals surface area contributed by atoms with Gasteiger partial charge in [-0.15, -0.1) is 0 Å². The first-order valence-electron chi connectivity index (χ1n) is 22.5. The van der Waals surface area contributed by atoms with Crippen LogP contribution in [0.2, 0.25) is 0 Å². The highest BCUT2D eigenvalue weighted by atomic mass is 18.0. The van der Waals surface area contributed by atoms with Crippen molar-refractivity contribution in [3.05, 3.63) is 24.7 Å². The van der Waals surface area contributed by atoms with Crippen molar-refractivity contribution in [2.45, 2.75) is 218 Å². The molecule has 356 valence electrons. The summed E-state index contributed by atoms with van der Waals surface area (Å²) in [4.78, 5) is 9.21. The Morgan fingerprint density at radius 3 is 0.783 bits per heavy atom. The average Bonchev–Trinajstić information content (AvgIpc) is 3.26. The number of hydrogen-bond donors (Lipinski definition) is 0. The molecule has 1 rings (SSSR count). The molecule has 0 bridgehead atoms. The second kappa shape index (κ2) is 53.5. The summed E-state index contributed by atoms with van der Waals surface area (Å²) in [6, 6.07) is 0. The highest BCUT2D eigenvalue weighted by Crippen LogP contribution is 2.17. The molecule has 0 spiro atoms. The Balaban J connectivity index is 2.03.